The molecule has 0 unspecified atom stereocenters. The molecule has 32 heavy (non-hydrogen) atoms. The normalized spacial score (nSPS) is 18.6. The highest BCUT2D eigenvalue weighted by molar-refractivity contribution is 6.30. The van der Waals surface area contributed by atoms with Gasteiger partial charge in [0.05, 0.1) is 0 Å². The van der Waals surface area contributed by atoms with Gasteiger partial charge in [0, 0.05) is 5.02 Å². The molecule has 0 spiro atoms. The third-order valence-corrected chi connectivity index (χ3v) is 7.59. The number of hydrogen-bond acceptors (Lipinski definition) is 0. The van der Waals surface area contributed by atoms with Crippen molar-refractivity contribution in [3.8, 4) is 11.1 Å². The number of hydrogen-bond donors (Lipinski definition) is 0. The van der Waals surface area contributed by atoms with Crippen LogP contribution in [0.4, 0.5) is 0 Å². The first-order valence-electron chi connectivity index (χ1n) is 12.6. The van der Waals surface area contributed by atoms with E-state index in [1.165, 1.54) is 86.5 Å². The minimum Gasteiger partial charge on any atom is -0.0843 e. The monoisotopic (exact) mass is 444 g/mol. The molecule has 0 aliphatic heterocycles. The second-order valence-corrected chi connectivity index (χ2v) is 10.1. The third kappa shape index (κ3) is 6.48. The molecular weight excluding hydrogens is 408 g/mol. The summed E-state index contributed by atoms with van der Waals surface area (Å²) in [5.41, 5.74) is 7.04. The minimum atomic E-state index is 0.773. The van der Waals surface area contributed by atoms with Gasteiger partial charge in [-0.3, -0.25) is 0 Å². The lowest BCUT2D eigenvalue weighted by atomic mass is 9.76. The molecule has 3 aromatic rings. The topological polar surface area (TPSA) is 0 Å². The smallest absolute Gasteiger partial charge is 0.0406 e. The molecule has 0 amide bonds. The number of unbranched alkanes of at least 4 members (excludes halogenated alkanes) is 2. The maximum atomic E-state index is 6.01. The zero-order chi connectivity index (χ0) is 22.2. The summed E-state index contributed by atoms with van der Waals surface area (Å²) in [5.74, 6) is 1.66. The molecule has 1 aliphatic carbocycles. The van der Waals surface area contributed by atoms with Crippen LogP contribution in [0.1, 0.15) is 80.9 Å². The molecule has 0 N–H and O–H groups in total. The van der Waals surface area contributed by atoms with Crippen LogP contribution in [-0.4, -0.2) is 0 Å². The van der Waals surface area contributed by atoms with Gasteiger partial charge in [0.25, 0.3) is 0 Å². The number of halogens is 1. The van der Waals surface area contributed by atoms with E-state index in [1.807, 2.05) is 12.1 Å². The predicted octanol–water partition coefficient (Wildman–Crippen LogP) is 9.65. The van der Waals surface area contributed by atoms with Crippen molar-refractivity contribution in [2.45, 2.75) is 77.0 Å². The molecular formula is C31H37Cl. The summed E-state index contributed by atoms with van der Waals surface area (Å²) in [7, 11) is 0. The maximum Gasteiger partial charge on any atom is 0.0406 e. The van der Waals surface area contributed by atoms with Crippen molar-refractivity contribution in [1.29, 1.82) is 0 Å². The van der Waals surface area contributed by atoms with Crippen LogP contribution >= 0.6 is 11.6 Å². The summed E-state index contributed by atoms with van der Waals surface area (Å²) in [5, 5.41) is 0.791. The quantitative estimate of drug-likeness (QED) is 0.288. The molecule has 1 saturated carbocycles. The Bertz CT molecular complexity index is 929. The van der Waals surface area contributed by atoms with Gasteiger partial charge in [-0.05, 0) is 103 Å². The highest BCUT2D eigenvalue weighted by atomic mass is 35.5. The Morgan fingerprint density at radius 3 is 1.84 bits per heavy atom. The zero-order valence-electron chi connectivity index (χ0n) is 19.5. The van der Waals surface area contributed by atoms with Gasteiger partial charge in [0.15, 0.2) is 0 Å². The molecule has 0 bridgehead atoms. The zero-order valence-corrected chi connectivity index (χ0v) is 20.3. The standard InChI is InChI=1S/C31H37Cl/c1-2-3-4-5-24-8-14-27(15-9-24)28-16-10-25(11-17-28)6-7-26-12-18-29(19-13-26)30-20-22-31(32)23-21-30/h8-9,12-15,18-23,25,28H,2-7,10-11,16-17H2,1H3. The van der Waals surface area contributed by atoms with E-state index in [0.29, 0.717) is 0 Å². The van der Waals surface area contributed by atoms with Crippen LogP contribution in [0.25, 0.3) is 11.1 Å². The van der Waals surface area contributed by atoms with Gasteiger partial charge in [-0.25, -0.2) is 0 Å². The van der Waals surface area contributed by atoms with Crippen LogP contribution in [-0.2, 0) is 12.8 Å². The van der Waals surface area contributed by atoms with Crippen LogP contribution in [0.2, 0.25) is 5.02 Å². The van der Waals surface area contributed by atoms with Crippen molar-refractivity contribution in [2.24, 2.45) is 5.92 Å². The van der Waals surface area contributed by atoms with E-state index in [0.717, 1.165) is 16.9 Å². The van der Waals surface area contributed by atoms with Crippen molar-refractivity contribution in [3.05, 3.63) is 94.5 Å². The van der Waals surface area contributed by atoms with Crippen LogP contribution in [0.5, 0.6) is 0 Å². The summed E-state index contributed by atoms with van der Waals surface area (Å²) in [6, 6.07) is 26.8. The van der Waals surface area contributed by atoms with E-state index >= 15 is 0 Å². The fraction of sp³-hybridized carbons (Fsp3) is 0.419. The number of benzene rings is 3. The highest BCUT2D eigenvalue weighted by Crippen LogP contribution is 2.37. The van der Waals surface area contributed by atoms with Crippen molar-refractivity contribution < 1.29 is 0 Å². The van der Waals surface area contributed by atoms with E-state index in [1.54, 1.807) is 5.56 Å². The van der Waals surface area contributed by atoms with Crippen molar-refractivity contribution in [3.63, 3.8) is 0 Å². The van der Waals surface area contributed by atoms with Crippen molar-refractivity contribution in [2.75, 3.05) is 0 Å². The first-order valence-corrected chi connectivity index (χ1v) is 13.0. The molecule has 0 radical (unpaired) electrons. The van der Waals surface area contributed by atoms with Crippen molar-refractivity contribution in [1.82, 2.24) is 0 Å². The SMILES string of the molecule is CCCCCc1ccc(C2CCC(CCc3ccc(-c4ccc(Cl)cc4)cc3)CC2)cc1. The molecule has 1 aliphatic rings. The summed E-state index contributed by atoms with van der Waals surface area (Å²) >= 11 is 6.01. The van der Waals surface area contributed by atoms with E-state index in [2.05, 4.69) is 67.6 Å². The van der Waals surface area contributed by atoms with Gasteiger partial charge in [0.2, 0.25) is 0 Å². The summed E-state index contributed by atoms with van der Waals surface area (Å²) < 4.78 is 0. The average molecular weight is 445 g/mol. The molecule has 168 valence electrons. The van der Waals surface area contributed by atoms with E-state index < -0.39 is 0 Å². The lowest BCUT2D eigenvalue weighted by molar-refractivity contribution is 0.310. The Balaban J connectivity index is 1.22. The van der Waals surface area contributed by atoms with Crippen molar-refractivity contribution >= 4 is 11.6 Å². The lowest BCUT2D eigenvalue weighted by Crippen LogP contribution is -2.14. The van der Waals surface area contributed by atoms with Crippen LogP contribution < -0.4 is 0 Å². The maximum absolute atomic E-state index is 6.01. The second kappa shape index (κ2) is 11.7. The Hall–Kier alpha value is -2.05. The lowest BCUT2D eigenvalue weighted by Gasteiger charge is -2.29. The van der Waals surface area contributed by atoms with Gasteiger partial charge < -0.3 is 0 Å². The summed E-state index contributed by atoms with van der Waals surface area (Å²) in [4.78, 5) is 0. The molecule has 0 atom stereocenters. The summed E-state index contributed by atoms with van der Waals surface area (Å²) in [6.45, 7) is 2.28. The highest BCUT2D eigenvalue weighted by Gasteiger charge is 2.22. The first kappa shape index (κ1) is 23.1. The van der Waals surface area contributed by atoms with Gasteiger partial charge in [-0.1, -0.05) is 92.0 Å². The van der Waals surface area contributed by atoms with Gasteiger partial charge >= 0.3 is 0 Å². The molecule has 0 saturated heterocycles. The minimum absolute atomic E-state index is 0.773. The number of rotatable bonds is 9. The van der Waals surface area contributed by atoms with Crippen LogP contribution in [0.15, 0.2) is 72.8 Å². The molecule has 0 aromatic heterocycles. The molecule has 1 fully saturated rings. The largest absolute Gasteiger partial charge is 0.0843 e. The Kier molecular flexibility index (Phi) is 8.46. The predicted molar refractivity (Wildman–Crippen MR) is 140 cm³/mol. The molecule has 3 aromatic carbocycles. The van der Waals surface area contributed by atoms with Crippen LogP contribution in [0, 0.1) is 5.92 Å². The van der Waals surface area contributed by atoms with Gasteiger partial charge in [-0.2, -0.15) is 0 Å². The van der Waals surface area contributed by atoms with E-state index in [4.69, 9.17) is 11.6 Å². The summed E-state index contributed by atoms with van der Waals surface area (Å²) in [6.07, 6.45) is 13.2. The molecule has 1 heteroatoms. The van der Waals surface area contributed by atoms with E-state index in [-0.39, 0.29) is 0 Å². The Labute approximate surface area is 200 Å². The molecule has 0 nitrogen and oxygen atoms in total. The number of aryl methyl sites for hydroxylation is 2. The van der Waals surface area contributed by atoms with E-state index in [9.17, 15) is 0 Å². The fourth-order valence-corrected chi connectivity index (χ4v) is 5.32. The van der Waals surface area contributed by atoms with Gasteiger partial charge in [-0.15, -0.1) is 0 Å². The van der Waals surface area contributed by atoms with Gasteiger partial charge in [0.1, 0.15) is 0 Å². The first-order chi connectivity index (χ1) is 15.7. The Morgan fingerprint density at radius 1 is 0.656 bits per heavy atom. The van der Waals surface area contributed by atoms with Crippen LogP contribution in [0.3, 0.4) is 0 Å². The third-order valence-electron chi connectivity index (χ3n) is 7.34. The fourth-order valence-electron chi connectivity index (χ4n) is 5.20. The Morgan fingerprint density at radius 2 is 1.22 bits per heavy atom. The molecule has 0 heterocycles. The molecule has 4 rings (SSSR count). The average Bonchev–Trinajstić information content (AvgIpc) is 2.85. The second-order valence-electron chi connectivity index (χ2n) is 9.66.